The van der Waals surface area contributed by atoms with Crippen LogP contribution in [0.2, 0.25) is 0 Å². The molecule has 0 bridgehead atoms. The minimum atomic E-state index is -1.08. The maximum atomic E-state index is 9.96. The molecule has 1 nitrogen and oxygen atoms in total. The van der Waals surface area contributed by atoms with E-state index in [-0.39, 0.29) is 0 Å². The van der Waals surface area contributed by atoms with Crippen LogP contribution in [0.4, 0.5) is 0 Å². The Kier molecular flexibility index (Phi) is 2.31. The minimum Gasteiger partial charge on any atom is -0.456 e. The van der Waals surface area contributed by atoms with Gasteiger partial charge in [-0.15, -0.1) is 0 Å². The molecule has 9 aromatic carbocycles. The predicted molar refractivity (Wildman–Crippen MR) is 200 cm³/mol. The van der Waals surface area contributed by atoms with Gasteiger partial charge in [0.1, 0.15) is 11.2 Å². The molecule has 1 heterocycles. The number of furan rings is 1. The summed E-state index contributed by atoms with van der Waals surface area (Å²) in [5, 5.41) is -6.60. The molecule has 0 unspecified atom stereocenters. The van der Waals surface area contributed by atoms with Gasteiger partial charge in [0.15, 0.2) is 0 Å². The number of hydrogen-bond donors (Lipinski definition) is 0. The molecule has 0 radical (unpaired) electrons. The second-order valence-electron chi connectivity index (χ2n) is 10.3. The normalized spacial score (nSPS) is 20.2. The molecule has 0 fully saturated rings. The fourth-order valence-electron chi connectivity index (χ4n) is 5.73. The average molecular weight is 625 g/mol. The zero-order valence-electron chi connectivity index (χ0n) is 51.4. The van der Waals surface area contributed by atoms with E-state index in [1.165, 1.54) is 0 Å². The molecule has 0 saturated carbocycles. The fourth-order valence-corrected chi connectivity index (χ4v) is 5.73. The summed E-state index contributed by atoms with van der Waals surface area (Å²) in [6, 6.07) is -26.2. The van der Waals surface area contributed by atoms with Gasteiger partial charge in [-0.25, -0.2) is 0 Å². The summed E-state index contributed by atoms with van der Waals surface area (Å²) in [5.74, 6) is 0. The maximum absolute atomic E-state index is 9.96. The van der Waals surface area contributed by atoms with Crippen LogP contribution in [0.1, 0.15) is 38.4 Å². The molecule has 47 heavy (non-hydrogen) atoms. The van der Waals surface area contributed by atoms with Crippen molar-refractivity contribution in [1.29, 1.82) is 0 Å². The van der Waals surface area contributed by atoms with E-state index >= 15 is 0 Å². The smallest absolute Gasteiger partial charge is 0.136 e. The first-order valence-electron chi connectivity index (χ1n) is 27.9. The summed E-state index contributed by atoms with van der Waals surface area (Å²) in [7, 11) is 0. The molecule has 0 saturated heterocycles. The van der Waals surface area contributed by atoms with E-state index in [1.54, 1.807) is 0 Å². The molecule has 0 atom stereocenters. The first-order chi connectivity index (χ1) is 35.0. The Morgan fingerprint density at radius 1 is 0.319 bits per heavy atom. The van der Waals surface area contributed by atoms with Crippen LogP contribution < -0.4 is 0 Å². The third-order valence-electron chi connectivity index (χ3n) is 7.70. The zero-order valence-corrected chi connectivity index (χ0v) is 23.4. The molecule has 0 aliphatic heterocycles. The highest BCUT2D eigenvalue weighted by atomic mass is 16.3. The van der Waals surface area contributed by atoms with Crippen molar-refractivity contribution < 1.29 is 42.8 Å². The average Bonchev–Trinajstić information content (AvgIpc) is 3.80. The van der Waals surface area contributed by atoms with Gasteiger partial charge in [-0.05, 0) is 113 Å². The molecule has 218 valence electrons. The summed E-state index contributed by atoms with van der Waals surface area (Å²) >= 11 is 0. The van der Waals surface area contributed by atoms with Crippen molar-refractivity contribution in [2.45, 2.75) is 0 Å². The van der Waals surface area contributed by atoms with Crippen LogP contribution in [0.15, 0.2) is 174 Å². The topological polar surface area (TPSA) is 13.1 Å². The molecule has 0 aliphatic rings. The minimum absolute atomic E-state index is 0.458. The van der Waals surface area contributed by atoms with Gasteiger partial charge < -0.3 is 4.42 Å². The van der Waals surface area contributed by atoms with Crippen LogP contribution in [0, 0.1) is 0 Å². The Hall–Kier alpha value is -6.18. The maximum Gasteiger partial charge on any atom is 0.136 e. The van der Waals surface area contributed by atoms with E-state index in [1.807, 2.05) is 0 Å². The van der Waals surface area contributed by atoms with Crippen molar-refractivity contribution in [2.24, 2.45) is 0 Å². The van der Waals surface area contributed by atoms with Gasteiger partial charge in [0.2, 0.25) is 0 Å². The van der Waals surface area contributed by atoms with Crippen molar-refractivity contribution in [3.05, 3.63) is 169 Å². The lowest BCUT2D eigenvalue weighted by Crippen LogP contribution is -1.92. The molecule has 0 spiro atoms. The van der Waals surface area contributed by atoms with Crippen molar-refractivity contribution in [3.8, 4) is 33.4 Å². The third-order valence-corrected chi connectivity index (χ3v) is 7.70. The molecular formula is C46H28O. The van der Waals surface area contributed by atoms with Crippen molar-refractivity contribution in [1.82, 2.24) is 0 Å². The summed E-state index contributed by atoms with van der Waals surface area (Å²) in [5.41, 5.74) is -6.04. The summed E-state index contributed by atoms with van der Waals surface area (Å²) in [6.07, 6.45) is 0. The van der Waals surface area contributed by atoms with Gasteiger partial charge in [0, 0.05) is 10.8 Å². The first-order valence-corrected chi connectivity index (χ1v) is 13.9. The highest BCUT2D eigenvalue weighted by Gasteiger charge is 2.20. The van der Waals surface area contributed by atoms with E-state index in [2.05, 4.69) is 0 Å². The van der Waals surface area contributed by atoms with Gasteiger partial charge >= 0.3 is 0 Å². The Morgan fingerprint density at radius 2 is 0.872 bits per heavy atom. The number of rotatable bonds is 3. The first kappa shape index (κ1) is 10.7. The van der Waals surface area contributed by atoms with E-state index in [0.717, 1.165) is 0 Å². The Balaban J connectivity index is 1.55. The Morgan fingerprint density at radius 3 is 1.57 bits per heavy atom. The van der Waals surface area contributed by atoms with E-state index in [0.29, 0.717) is 0 Å². The Bertz CT molecular complexity index is 4330. The highest BCUT2D eigenvalue weighted by molar-refractivity contribution is 6.24. The summed E-state index contributed by atoms with van der Waals surface area (Å²) < 4.78 is 259. The van der Waals surface area contributed by atoms with Gasteiger partial charge in [0.05, 0.1) is 38.4 Å². The van der Waals surface area contributed by atoms with Gasteiger partial charge in [0.25, 0.3) is 0 Å². The van der Waals surface area contributed by atoms with Crippen LogP contribution >= 0.6 is 0 Å². The molecule has 0 aliphatic carbocycles. The van der Waals surface area contributed by atoms with E-state index < -0.39 is 268 Å². The van der Waals surface area contributed by atoms with Crippen LogP contribution in [0.5, 0.6) is 0 Å². The van der Waals surface area contributed by atoms with Crippen LogP contribution in [-0.4, -0.2) is 0 Å². The summed E-state index contributed by atoms with van der Waals surface area (Å²) in [4.78, 5) is 0. The predicted octanol–water partition coefficient (Wildman–Crippen LogP) is 13.2. The monoisotopic (exact) mass is 624 g/mol. The number of fused-ring (bicyclic) bond motifs is 7. The number of hydrogen-bond acceptors (Lipinski definition) is 1. The zero-order chi connectivity index (χ0) is 55.3. The van der Waals surface area contributed by atoms with Gasteiger partial charge in [-0.1, -0.05) is 133 Å². The molecule has 10 rings (SSSR count). The lowest BCUT2D eigenvalue weighted by Gasteiger charge is -2.19. The van der Waals surface area contributed by atoms with Crippen molar-refractivity contribution in [3.63, 3.8) is 0 Å². The highest BCUT2D eigenvalue weighted by Crippen LogP contribution is 2.47. The standard InChI is InChI=1S/C46H28O/c1-2-12-29(13-3-1)34-24-32-16-6-7-17-35(32)42(27-34)46-38-20-10-8-18-36(38)45(37-19-9-11-21-39(37)46)33-22-23-43-40(26-33)41-25-30-14-4-5-15-31(30)28-44(41)47-43/h1-28H/i1D,2D,3D,4D,5D,6D,7D,8D,9D,10D,11D,12D,13D,14D,15D,16D,17D,18D,19D,20D,21D,22D,23D,24D,25D,26D,27D,28D. The SMILES string of the molecule is [2H]c1c([2H])c([2H])c(-c2c([2H])c(-c3c4c([2H])c([2H])c([2H])c([2H])c4c(-c4c([2H])c([2H])c5oc6c([2H])c7c([2H])c([2H])c([2H])c([2H])c7c([2H])c6c5c4[2H])c4c([2H])c([2H])c([2H])c([2H])c34)c3c([2H])c([2H])c([2H])c([2H])c3c2[2H])c([2H])c1[2H]. The molecule has 1 aromatic heterocycles. The van der Waals surface area contributed by atoms with Crippen LogP contribution in [-0.2, 0) is 0 Å². The van der Waals surface area contributed by atoms with Crippen LogP contribution in [0.3, 0.4) is 0 Å². The quantitative estimate of drug-likeness (QED) is 0.178. The van der Waals surface area contributed by atoms with Gasteiger partial charge in [-0.3, -0.25) is 0 Å². The van der Waals surface area contributed by atoms with E-state index in [9.17, 15) is 15.1 Å². The van der Waals surface area contributed by atoms with Crippen LogP contribution in [0.25, 0.3) is 98.4 Å². The molecule has 10 aromatic rings. The van der Waals surface area contributed by atoms with E-state index in [4.69, 9.17) is 27.7 Å². The molecular weight excluding hydrogens is 569 g/mol. The molecule has 0 amide bonds. The number of benzene rings is 9. The molecule has 0 N–H and O–H groups in total. The van der Waals surface area contributed by atoms with Gasteiger partial charge in [-0.2, -0.15) is 0 Å². The fraction of sp³-hybridized carbons (Fsp3) is 0. The lowest BCUT2D eigenvalue weighted by atomic mass is 9.83. The second-order valence-corrected chi connectivity index (χ2v) is 10.3. The van der Waals surface area contributed by atoms with Crippen molar-refractivity contribution >= 4 is 65.0 Å². The summed E-state index contributed by atoms with van der Waals surface area (Å²) in [6.45, 7) is 0. The molecule has 1 heteroatoms. The Labute approximate surface area is 311 Å². The second kappa shape index (κ2) is 10.2. The van der Waals surface area contributed by atoms with Crippen molar-refractivity contribution in [2.75, 3.05) is 0 Å². The lowest BCUT2D eigenvalue weighted by molar-refractivity contribution is 0.669. The largest absolute Gasteiger partial charge is 0.456 e. The third kappa shape index (κ3) is 4.03.